The summed E-state index contributed by atoms with van der Waals surface area (Å²) in [5, 5.41) is 10.6. The lowest BCUT2D eigenvalue weighted by Gasteiger charge is -2.46. The van der Waals surface area contributed by atoms with Crippen LogP contribution < -0.4 is 9.64 Å². The first-order valence-electron chi connectivity index (χ1n) is 14.8. The highest BCUT2D eigenvalue weighted by Gasteiger charge is 2.38. The van der Waals surface area contributed by atoms with Crippen molar-refractivity contribution in [3.63, 3.8) is 0 Å². The van der Waals surface area contributed by atoms with Crippen LogP contribution in [0.3, 0.4) is 0 Å². The second-order valence-electron chi connectivity index (χ2n) is 12.6. The number of hydrogen-bond acceptors (Lipinski definition) is 5. The van der Waals surface area contributed by atoms with Crippen molar-refractivity contribution in [3.8, 4) is 5.75 Å². The van der Waals surface area contributed by atoms with Gasteiger partial charge >= 0.3 is 0 Å². The summed E-state index contributed by atoms with van der Waals surface area (Å²) in [6.45, 7) is 22.0. The standard InChI is InChI=1S/C34H43Cl2N3O3Si/c1-34(2,3)43(5,6)42-21-17-31(25-9-13-28(37-4)14-10-25)38-18-19-39(33(24-38)26-7-11-27(35)12-8-26)32-16-15-29(23-30(32)36)41-22-20-40/h7-16,23,31,33,40H,17-22,24H2,1-3,5-6H3/t31?,33-/m0/s1. The summed E-state index contributed by atoms with van der Waals surface area (Å²) >= 11 is 13.1. The number of hydrogen-bond donors (Lipinski definition) is 1. The minimum absolute atomic E-state index is 0.0269. The van der Waals surface area contributed by atoms with Gasteiger partial charge in [-0.15, -0.1) is 0 Å². The Morgan fingerprint density at radius 2 is 1.70 bits per heavy atom. The number of halogens is 2. The van der Waals surface area contributed by atoms with Crippen LogP contribution in [0.4, 0.5) is 11.4 Å². The number of piperazine rings is 1. The summed E-state index contributed by atoms with van der Waals surface area (Å²) in [6.07, 6.45) is 0.856. The molecule has 0 amide bonds. The highest BCUT2D eigenvalue weighted by atomic mass is 35.5. The molecule has 3 aromatic carbocycles. The zero-order valence-corrected chi connectivity index (χ0v) is 28.3. The Kier molecular flexibility index (Phi) is 11.2. The van der Waals surface area contributed by atoms with E-state index in [4.69, 9.17) is 44.0 Å². The lowest BCUT2D eigenvalue weighted by molar-refractivity contribution is 0.133. The summed E-state index contributed by atoms with van der Waals surface area (Å²) in [6, 6.07) is 22.0. The van der Waals surface area contributed by atoms with Gasteiger partial charge in [-0.1, -0.05) is 80.4 Å². The zero-order chi connectivity index (χ0) is 31.2. The van der Waals surface area contributed by atoms with Crippen LogP contribution in [0.15, 0.2) is 66.7 Å². The molecule has 43 heavy (non-hydrogen) atoms. The summed E-state index contributed by atoms with van der Waals surface area (Å²) in [5.41, 5.74) is 3.94. The molecule has 1 aliphatic rings. The van der Waals surface area contributed by atoms with Crippen LogP contribution in [0.25, 0.3) is 4.85 Å². The monoisotopic (exact) mass is 639 g/mol. The van der Waals surface area contributed by atoms with E-state index in [9.17, 15) is 0 Å². The fraction of sp³-hybridized carbons (Fsp3) is 0.441. The van der Waals surface area contributed by atoms with E-state index in [0.29, 0.717) is 28.1 Å². The van der Waals surface area contributed by atoms with Crippen molar-refractivity contribution in [1.29, 1.82) is 0 Å². The van der Waals surface area contributed by atoms with Gasteiger partial charge in [0, 0.05) is 43.4 Å². The van der Waals surface area contributed by atoms with Gasteiger partial charge in [0.1, 0.15) is 12.4 Å². The van der Waals surface area contributed by atoms with Gasteiger partial charge in [-0.3, -0.25) is 4.90 Å². The summed E-state index contributed by atoms with van der Waals surface area (Å²) < 4.78 is 12.2. The van der Waals surface area contributed by atoms with Crippen molar-refractivity contribution in [2.45, 2.75) is 57.4 Å². The van der Waals surface area contributed by atoms with Crippen molar-refractivity contribution in [3.05, 3.63) is 99.3 Å². The maximum absolute atomic E-state index is 9.14. The maximum atomic E-state index is 9.14. The molecule has 1 fully saturated rings. The molecule has 2 atom stereocenters. The SMILES string of the molecule is [C-]#[N+]c1ccc(C(CCO[Si](C)(C)C(C)(C)C)N2CCN(c3ccc(OCCO)cc3Cl)[C@H](c3ccc(Cl)cc3)C2)cc1. The molecule has 230 valence electrons. The van der Waals surface area contributed by atoms with Crippen molar-refractivity contribution in [1.82, 2.24) is 4.90 Å². The van der Waals surface area contributed by atoms with E-state index in [0.717, 1.165) is 37.3 Å². The number of rotatable bonds is 11. The Morgan fingerprint density at radius 1 is 1.00 bits per heavy atom. The molecule has 3 aromatic rings. The molecule has 1 aliphatic heterocycles. The third-order valence-corrected chi connectivity index (χ3v) is 13.9. The van der Waals surface area contributed by atoms with E-state index < -0.39 is 8.32 Å². The Balaban J connectivity index is 1.65. The molecule has 6 nitrogen and oxygen atoms in total. The molecule has 9 heteroatoms. The molecule has 0 aromatic heterocycles. The van der Waals surface area contributed by atoms with Gasteiger partial charge in [0.15, 0.2) is 14.0 Å². The third kappa shape index (κ3) is 8.33. The van der Waals surface area contributed by atoms with Crippen LogP contribution in [0, 0.1) is 6.57 Å². The molecule has 0 bridgehead atoms. The number of benzene rings is 3. The molecule has 0 radical (unpaired) electrons. The molecule has 4 rings (SSSR count). The van der Waals surface area contributed by atoms with Crippen LogP contribution in [0.2, 0.25) is 28.2 Å². The van der Waals surface area contributed by atoms with Gasteiger partial charge < -0.3 is 19.2 Å². The van der Waals surface area contributed by atoms with Crippen LogP contribution in [-0.2, 0) is 4.43 Å². The number of nitrogens with zero attached hydrogens (tertiary/aromatic N) is 3. The van der Waals surface area contributed by atoms with Gasteiger partial charge in [0.05, 0.1) is 29.9 Å². The molecule has 0 spiro atoms. The molecule has 0 saturated carbocycles. The van der Waals surface area contributed by atoms with Crippen molar-refractivity contribution < 1.29 is 14.3 Å². The Hall–Kier alpha value is -2.57. The topological polar surface area (TPSA) is 49.5 Å². The quantitative estimate of drug-likeness (QED) is 0.168. The molecular weight excluding hydrogens is 597 g/mol. The summed E-state index contributed by atoms with van der Waals surface area (Å²) in [7, 11) is -1.90. The zero-order valence-electron chi connectivity index (χ0n) is 25.8. The van der Waals surface area contributed by atoms with Gasteiger partial charge in [0.2, 0.25) is 0 Å². The first-order valence-corrected chi connectivity index (χ1v) is 18.5. The molecule has 1 N–H and O–H groups in total. The molecule has 1 saturated heterocycles. The maximum Gasteiger partial charge on any atom is 0.191 e. The van der Waals surface area contributed by atoms with E-state index in [2.05, 4.69) is 72.8 Å². The molecule has 1 heterocycles. The predicted molar refractivity (Wildman–Crippen MR) is 180 cm³/mol. The minimum Gasteiger partial charge on any atom is -0.491 e. The molecule has 0 aliphatic carbocycles. The van der Waals surface area contributed by atoms with Crippen LogP contribution in [-0.4, -0.2) is 57.8 Å². The first kappa shape index (κ1) is 33.3. The highest BCUT2D eigenvalue weighted by molar-refractivity contribution is 6.74. The minimum atomic E-state index is -1.90. The average molecular weight is 641 g/mol. The Labute approximate surface area is 268 Å². The van der Waals surface area contributed by atoms with Crippen LogP contribution in [0.5, 0.6) is 5.75 Å². The van der Waals surface area contributed by atoms with Crippen molar-refractivity contribution in [2.24, 2.45) is 0 Å². The van der Waals surface area contributed by atoms with Crippen molar-refractivity contribution >= 4 is 42.9 Å². The Morgan fingerprint density at radius 3 is 2.30 bits per heavy atom. The highest BCUT2D eigenvalue weighted by Crippen LogP contribution is 2.41. The van der Waals surface area contributed by atoms with E-state index in [-0.39, 0.29) is 30.3 Å². The number of aliphatic hydroxyl groups is 1. The van der Waals surface area contributed by atoms with Crippen LogP contribution >= 0.6 is 23.2 Å². The fourth-order valence-electron chi connectivity index (χ4n) is 5.29. The van der Waals surface area contributed by atoms with Gasteiger partial charge in [0.25, 0.3) is 0 Å². The van der Waals surface area contributed by atoms with Gasteiger partial charge in [-0.25, -0.2) is 4.85 Å². The van der Waals surface area contributed by atoms with E-state index in [1.54, 1.807) is 0 Å². The Bertz CT molecular complexity index is 1390. The molecular formula is C34H43Cl2N3O3Si. The normalized spacial score (nSPS) is 17.0. The van der Waals surface area contributed by atoms with E-state index in [1.807, 2.05) is 42.5 Å². The summed E-state index contributed by atoms with van der Waals surface area (Å²) in [4.78, 5) is 8.51. The van der Waals surface area contributed by atoms with Gasteiger partial charge in [-0.05, 0) is 59.9 Å². The lowest BCUT2D eigenvalue weighted by Crippen LogP contribution is -2.50. The second-order valence-corrected chi connectivity index (χ2v) is 18.2. The van der Waals surface area contributed by atoms with E-state index >= 15 is 0 Å². The number of anilines is 1. The lowest BCUT2D eigenvalue weighted by atomic mass is 9.96. The third-order valence-electron chi connectivity index (χ3n) is 8.76. The van der Waals surface area contributed by atoms with Crippen molar-refractivity contribution in [2.75, 3.05) is 44.4 Å². The number of aliphatic hydroxyl groups excluding tert-OH is 1. The molecule has 1 unspecified atom stereocenters. The fourth-order valence-corrected chi connectivity index (χ4v) is 6.76. The van der Waals surface area contributed by atoms with Gasteiger partial charge in [-0.2, -0.15) is 0 Å². The predicted octanol–water partition coefficient (Wildman–Crippen LogP) is 8.93. The number of ether oxygens (including phenoxy) is 1. The van der Waals surface area contributed by atoms with Crippen LogP contribution in [0.1, 0.15) is 50.4 Å². The average Bonchev–Trinajstić information content (AvgIpc) is 2.98. The summed E-state index contributed by atoms with van der Waals surface area (Å²) in [5.74, 6) is 0.633. The largest absolute Gasteiger partial charge is 0.491 e. The second kappa shape index (κ2) is 14.5. The first-order chi connectivity index (χ1) is 20.4. The smallest absolute Gasteiger partial charge is 0.191 e. The van der Waals surface area contributed by atoms with E-state index in [1.165, 1.54) is 5.56 Å².